The summed E-state index contributed by atoms with van der Waals surface area (Å²) >= 11 is 1.95. The maximum Gasteiger partial charge on any atom is 0.119 e. The number of thioether (sulfide) groups is 1. The third kappa shape index (κ3) is 3.39. The molecule has 0 heterocycles. The molecule has 0 unspecified atom stereocenters. The highest BCUT2D eigenvalue weighted by Crippen LogP contribution is 2.33. The molecular weight excluding hydrogens is 232 g/mol. The largest absolute Gasteiger partial charge is 0.494 e. The van der Waals surface area contributed by atoms with E-state index in [2.05, 4.69) is 13.0 Å². The first-order chi connectivity index (χ1) is 8.31. The van der Waals surface area contributed by atoms with Crippen molar-refractivity contribution in [3.63, 3.8) is 0 Å². The quantitative estimate of drug-likeness (QED) is 0.788. The highest BCUT2D eigenvalue weighted by atomic mass is 32.2. The first kappa shape index (κ1) is 12.8. The lowest BCUT2D eigenvalue weighted by Gasteiger charge is -2.08. The molecule has 0 radical (unpaired) electrons. The SMILES string of the molecule is CCSCCCOc1ccc2c(c1)CC[C@H]2O. The van der Waals surface area contributed by atoms with E-state index in [4.69, 9.17) is 4.74 Å². The maximum atomic E-state index is 9.70. The van der Waals surface area contributed by atoms with Gasteiger partial charge in [0.1, 0.15) is 5.75 Å². The van der Waals surface area contributed by atoms with E-state index < -0.39 is 0 Å². The van der Waals surface area contributed by atoms with Gasteiger partial charge in [0.25, 0.3) is 0 Å². The Hall–Kier alpha value is -0.670. The molecule has 0 saturated heterocycles. The van der Waals surface area contributed by atoms with Crippen molar-refractivity contribution in [2.45, 2.75) is 32.3 Å². The molecule has 0 aliphatic heterocycles. The van der Waals surface area contributed by atoms with Gasteiger partial charge in [-0.05, 0) is 54.0 Å². The van der Waals surface area contributed by atoms with Gasteiger partial charge in [0, 0.05) is 0 Å². The van der Waals surface area contributed by atoms with Gasteiger partial charge in [-0.25, -0.2) is 0 Å². The maximum absolute atomic E-state index is 9.70. The topological polar surface area (TPSA) is 29.5 Å². The van der Waals surface area contributed by atoms with E-state index in [9.17, 15) is 5.11 Å². The number of hydrogen-bond acceptors (Lipinski definition) is 3. The first-order valence-corrected chi connectivity index (χ1v) is 7.48. The zero-order chi connectivity index (χ0) is 12.1. The molecule has 1 aliphatic carbocycles. The van der Waals surface area contributed by atoms with Gasteiger partial charge in [-0.3, -0.25) is 0 Å². The molecule has 1 atom stereocenters. The molecule has 0 bridgehead atoms. The van der Waals surface area contributed by atoms with Crippen LogP contribution in [-0.2, 0) is 6.42 Å². The monoisotopic (exact) mass is 252 g/mol. The van der Waals surface area contributed by atoms with Crippen LogP contribution in [0, 0.1) is 0 Å². The molecule has 0 spiro atoms. The number of aliphatic hydroxyl groups is 1. The number of ether oxygens (including phenoxy) is 1. The molecule has 1 aliphatic rings. The molecular formula is C14H20O2S. The van der Waals surface area contributed by atoms with Crippen LogP contribution >= 0.6 is 11.8 Å². The Morgan fingerprint density at radius 1 is 1.47 bits per heavy atom. The zero-order valence-corrected chi connectivity index (χ0v) is 11.1. The fourth-order valence-corrected chi connectivity index (χ4v) is 2.77. The molecule has 1 aromatic carbocycles. The van der Waals surface area contributed by atoms with Gasteiger partial charge in [-0.2, -0.15) is 11.8 Å². The average Bonchev–Trinajstić information content (AvgIpc) is 2.71. The second-order valence-electron chi connectivity index (χ2n) is 4.31. The Bertz CT molecular complexity index is 365. The second-order valence-corrected chi connectivity index (χ2v) is 5.71. The predicted octanol–water partition coefficient (Wildman–Crippen LogP) is 3.19. The number of aryl methyl sites for hydroxylation is 1. The Labute approximate surface area is 107 Å². The smallest absolute Gasteiger partial charge is 0.119 e. The molecule has 1 N–H and O–H groups in total. The van der Waals surface area contributed by atoms with Crippen LogP contribution in [-0.4, -0.2) is 23.2 Å². The summed E-state index contributed by atoms with van der Waals surface area (Å²) in [6, 6.07) is 6.06. The standard InChI is InChI=1S/C14H20O2S/c1-2-17-9-3-8-16-12-5-6-13-11(10-12)4-7-14(13)15/h5-6,10,14-15H,2-4,7-9H2,1H3/t14-/m1/s1. The zero-order valence-electron chi connectivity index (χ0n) is 10.3. The highest BCUT2D eigenvalue weighted by Gasteiger charge is 2.20. The van der Waals surface area contributed by atoms with Crippen LogP contribution in [0.2, 0.25) is 0 Å². The van der Waals surface area contributed by atoms with Crippen LogP contribution in [0.4, 0.5) is 0 Å². The molecule has 2 rings (SSSR count). The van der Waals surface area contributed by atoms with E-state index >= 15 is 0 Å². The summed E-state index contributed by atoms with van der Waals surface area (Å²) in [4.78, 5) is 0. The van der Waals surface area contributed by atoms with Crippen molar-refractivity contribution >= 4 is 11.8 Å². The van der Waals surface area contributed by atoms with Crippen LogP contribution in [0.15, 0.2) is 18.2 Å². The lowest BCUT2D eigenvalue weighted by molar-refractivity contribution is 0.180. The number of rotatable bonds is 6. The summed E-state index contributed by atoms with van der Waals surface area (Å²) in [5.41, 5.74) is 2.33. The highest BCUT2D eigenvalue weighted by molar-refractivity contribution is 7.99. The van der Waals surface area contributed by atoms with Crippen molar-refractivity contribution in [1.29, 1.82) is 0 Å². The van der Waals surface area contributed by atoms with Crippen molar-refractivity contribution in [2.75, 3.05) is 18.1 Å². The third-order valence-electron chi connectivity index (χ3n) is 3.07. The van der Waals surface area contributed by atoms with Crippen LogP contribution < -0.4 is 4.74 Å². The van der Waals surface area contributed by atoms with Gasteiger partial charge in [0.05, 0.1) is 12.7 Å². The summed E-state index contributed by atoms with van der Waals surface area (Å²) in [6.45, 7) is 2.96. The van der Waals surface area contributed by atoms with Gasteiger partial charge in [0.15, 0.2) is 0 Å². The fourth-order valence-electron chi connectivity index (χ4n) is 2.16. The Morgan fingerprint density at radius 3 is 3.18 bits per heavy atom. The van der Waals surface area contributed by atoms with Gasteiger partial charge < -0.3 is 9.84 Å². The minimum absolute atomic E-state index is 0.264. The minimum atomic E-state index is -0.264. The molecule has 0 saturated carbocycles. The van der Waals surface area contributed by atoms with E-state index in [0.717, 1.165) is 37.2 Å². The van der Waals surface area contributed by atoms with Gasteiger partial charge in [-0.1, -0.05) is 13.0 Å². The first-order valence-electron chi connectivity index (χ1n) is 6.32. The van der Waals surface area contributed by atoms with E-state index in [0.29, 0.717) is 0 Å². The van der Waals surface area contributed by atoms with E-state index in [1.165, 1.54) is 17.1 Å². The van der Waals surface area contributed by atoms with Crippen LogP contribution in [0.1, 0.15) is 37.0 Å². The number of hydrogen-bond donors (Lipinski definition) is 1. The Morgan fingerprint density at radius 2 is 2.35 bits per heavy atom. The predicted molar refractivity (Wildman–Crippen MR) is 72.8 cm³/mol. The van der Waals surface area contributed by atoms with Crippen molar-refractivity contribution < 1.29 is 9.84 Å². The van der Waals surface area contributed by atoms with Gasteiger partial charge in [-0.15, -0.1) is 0 Å². The Balaban J connectivity index is 1.82. The normalized spacial score (nSPS) is 18.1. The number of fused-ring (bicyclic) bond motifs is 1. The van der Waals surface area contributed by atoms with Gasteiger partial charge >= 0.3 is 0 Å². The summed E-state index contributed by atoms with van der Waals surface area (Å²) in [6.07, 6.45) is 2.66. The van der Waals surface area contributed by atoms with Crippen molar-refractivity contribution in [3.05, 3.63) is 29.3 Å². The van der Waals surface area contributed by atoms with E-state index in [1.807, 2.05) is 23.9 Å². The van der Waals surface area contributed by atoms with Crippen LogP contribution in [0.25, 0.3) is 0 Å². The van der Waals surface area contributed by atoms with Crippen LogP contribution in [0.5, 0.6) is 5.75 Å². The molecule has 0 fully saturated rings. The molecule has 94 valence electrons. The van der Waals surface area contributed by atoms with Crippen molar-refractivity contribution in [1.82, 2.24) is 0 Å². The number of benzene rings is 1. The minimum Gasteiger partial charge on any atom is -0.494 e. The Kier molecular flexibility index (Phi) is 4.75. The third-order valence-corrected chi connectivity index (χ3v) is 4.05. The van der Waals surface area contributed by atoms with Gasteiger partial charge in [0.2, 0.25) is 0 Å². The summed E-state index contributed by atoms with van der Waals surface area (Å²) in [5, 5.41) is 9.70. The number of aliphatic hydroxyl groups excluding tert-OH is 1. The van der Waals surface area contributed by atoms with Crippen molar-refractivity contribution in [3.8, 4) is 5.75 Å². The molecule has 0 aromatic heterocycles. The molecule has 17 heavy (non-hydrogen) atoms. The molecule has 3 heteroatoms. The molecule has 2 nitrogen and oxygen atoms in total. The van der Waals surface area contributed by atoms with E-state index in [1.54, 1.807) is 0 Å². The fraction of sp³-hybridized carbons (Fsp3) is 0.571. The second kappa shape index (κ2) is 6.31. The van der Waals surface area contributed by atoms with E-state index in [-0.39, 0.29) is 6.10 Å². The lowest BCUT2D eigenvalue weighted by atomic mass is 10.1. The molecule has 1 aromatic rings. The summed E-state index contributed by atoms with van der Waals surface area (Å²) in [5.74, 6) is 3.29. The van der Waals surface area contributed by atoms with Crippen LogP contribution in [0.3, 0.4) is 0 Å². The summed E-state index contributed by atoms with van der Waals surface area (Å²) < 4.78 is 5.72. The molecule has 0 amide bonds. The average molecular weight is 252 g/mol. The summed E-state index contributed by atoms with van der Waals surface area (Å²) in [7, 11) is 0. The van der Waals surface area contributed by atoms with Crippen molar-refractivity contribution in [2.24, 2.45) is 0 Å². The lowest BCUT2D eigenvalue weighted by Crippen LogP contribution is -1.99.